The maximum absolute atomic E-state index is 12.5. The van der Waals surface area contributed by atoms with Crippen molar-refractivity contribution in [1.82, 2.24) is 20.2 Å². The minimum Gasteiger partial charge on any atom is -0.372 e. The van der Waals surface area contributed by atoms with Crippen LogP contribution in [-0.4, -0.2) is 45.0 Å². The van der Waals surface area contributed by atoms with Gasteiger partial charge in [-0.3, -0.25) is 4.79 Å². The molecule has 31 heavy (non-hydrogen) atoms. The first kappa shape index (κ1) is 21.4. The number of tetrazole rings is 1. The van der Waals surface area contributed by atoms with Gasteiger partial charge in [0.05, 0.1) is 11.4 Å². The number of nitrogens with zero attached hydrogens (tertiary/aromatic N) is 5. The molecule has 1 fully saturated rings. The van der Waals surface area contributed by atoms with Crippen LogP contribution < -0.4 is 10.2 Å². The fourth-order valence-electron chi connectivity index (χ4n) is 3.87. The lowest BCUT2D eigenvalue weighted by Crippen LogP contribution is -2.23. The number of aromatic nitrogens is 4. The van der Waals surface area contributed by atoms with Crippen LogP contribution in [0.4, 0.5) is 11.4 Å². The molecule has 0 aliphatic carbocycles. The van der Waals surface area contributed by atoms with Gasteiger partial charge in [0, 0.05) is 24.5 Å². The molecule has 0 radical (unpaired) electrons. The number of aryl methyl sites for hydroxylation is 2. The molecule has 1 aliphatic rings. The molecule has 8 heteroatoms. The van der Waals surface area contributed by atoms with Gasteiger partial charge in [-0.25, -0.2) is 0 Å². The Kier molecular flexibility index (Phi) is 6.86. The molecule has 1 aromatic heterocycles. The summed E-state index contributed by atoms with van der Waals surface area (Å²) in [6.07, 6.45) is 5.12. The highest BCUT2D eigenvalue weighted by Crippen LogP contribution is 2.23. The Labute approximate surface area is 187 Å². The van der Waals surface area contributed by atoms with E-state index in [0.29, 0.717) is 5.16 Å². The summed E-state index contributed by atoms with van der Waals surface area (Å²) in [4.78, 5) is 14.9. The van der Waals surface area contributed by atoms with E-state index in [9.17, 15) is 4.79 Å². The number of anilines is 2. The largest absolute Gasteiger partial charge is 0.372 e. The van der Waals surface area contributed by atoms with Crippen LogP contribution in [0.2, 0.25) is 0 Å². The van der Waals surface area contributed by atoms with Gasteiger partial charge in [0.25, 0.3) is 0 Å². The van der Waals surface area contributed by atoms with Crippen molar-refractivity contribution >= 4 is 29.0 Å². The molecule has 3 aromatic rings. The zero-order valence-electron chi connectivity index (χ0n) is 18.0. The van der Waals surface area contributed by atoms with Crippen LogP contribution in [0.3, 0.4) is 0 Å². The highest BCUT2D eigenvalue weighted by Gasteiger charge is 2.14. The van der Waals surface area contributed by atoms with E-state index in [1.807, 2.05) is 31.2 Å². The van der Waals surface area contributed by atoms with Crippen molar-refractivity contribution in [3.63, 3.8) is 0 Å². The summed E-state index contributed by atoms with van der Waals surface area (Å²) in [6.45, 7) is 6.30. The molecule has 2 aromatic carbocycles. The van der Waals surface area contributed by atoms with E-state index in [1.54, 1.807) is 4.68 Å². The Bertz CT molecular complexity index is 1020. The Morgan fingerprint density at radius 1 is 1.03 bits per heavy atom. The molecule has 0 spiro atoms. The molecule has 2 heterocycles. The van der Waals surface area contributed by atoms with Crippen LogP contribution in [0.15, 0.2) is 47.6 Å². The van der Waals surface area contributed by atoms with Crippen molar-refractivity contribution in [3.8, 4) is 5.69 Å². The minimum absolute atomic E-state index is 0.0808. The number of nitrogens with one attached hydrogen (secondary N) is 1. The summed E-state index contributed by atoms with van der Waals surface area (Å²) in [6, 6.07) is 14.2. The van der Waals surface area contributed by atoms with E-state index in [0.717, 1.165) is 30.0 Å². The zero-order chi connectivity index (χ0) is 21.6. The summed E-state index contributed by atoms with van der Waals surface area (Å²) in [5.74, 6) is 0.154. The normalized spacial score (nSPS) is 14.3. The maximum atomic E-state index is 12.5. The number of carbonyl (C=O) groups excluding carboxylic acids is 1. The molecule has 162 valence electrons. The van der Waals surface area contributed by atoms with Crippen LogP contribution in [-0.2, 0) is 4.79 Å². The van der Waals surface area contributed by atoms with Gasteiger partial charge in [-0.2, -0.15) is 4.68 Å². The molecular weight excluding hydrogens is 408 g/mol. The quantitative estimate of drug-likeness (QED) is 0.578. The van der Waals surface area contributed by atoms with Crippen molar-refractivity contribution in [2.24, 2.45) is 0 Å². The Hall–Kier alpha value is -2.87. The Balaban J connectivity index is 1.34. The standard InChI is InChI=1S/C23H28N6OS/c1-17-7-12-21(18(2)15-17)29-23(25-26-27-29)31-16-22(30)24-19-8-10-20(11-9-19)28-13-5-3-4-6-14-28/h7-12,15H,3-6,13-14,16H2,1-2H3,(H,24,30). The molecule has 0 unspecified atom stereocenters. The highest BCUT2D eigenvalue weighted by atomic mass is 32.2. The third-order valence-corrected chi connectivity index (χ3v) is 6.40. The molecule has 0 saturated carbocycles. The molecule has 1 saturated heterocycles. The van der Waals surface area contributed by atoms with Crippen molar-refractivity contribution in [2.75, 3.05) is 29.1 Å². The first-order chi connectivity index (χ1) is 15.1. The minimum atomic E-state index is -0.0808. The Morgan fingerprint density at radius 3 is 2.48 bits per heavy atom. The van der Waals surface area contributed by atoms with Crippen LogP contribution >= 0.6 is 11.8 Å². The lowest BCUT2D eigenvalue weighted by Gasteiger charge is -2.22. The molecule has 1 aliphatic heterocycles. The summed E-state index contributed by atoms with van der Waals surface area (Å²) in [5, 5.41) is 15.5. The van der Waals surface area contributed by atoms with E-state index in [4.69, 9.17) is 0 Å². The second kappa shape index (κ2) is 9.96. The molecular formula is C23H28N6OS. The molecule has 1 amide bonds. The lowest BCUT2D eigenvalue weighted by molar-refractivity contribution is -0.113. The fraction of sp³-hybridized carbons (Fsp3) is 0.391. The second-order valence-electron chi connectivity index (χ2n) is 7.95. The number of amides is 1. The number of thioether (sulfide) groups is 1. The van der Waals surface area contributed by atoms with Gasteiger partial charge in [0.2, 0.25) is 11.1 Å². The van der Waals surface area contributed by atoms with E-state index < -0.39 is 0 Å². The predicted molar refractivity (Wildman–Crippen MR) is 125 cm³/mol. The van der Waals surface area contributed by atoms with Gasteiger partial charge in [-0.15, -0.1) is 5.10 Å². The van der Waals surface area contributed by atoms with Gasteiger partial charge >= 0.3 is 0 Å². The number of rotatable bonds is 6. The third-order valence-electron chi connectivity index (χ3n) is 5.48. The van der Waals surface area contributed by atoms with Crippen LogP contribution in [0.5, 0.6) is 0 Å². The molecule has 0 bridgehead atoms. The van der Waals surface area contributed by atoms with Gasteiger partial charge in [-0.05, 0) is 73.0 Å². The first-order valence-corrected chi connectivity index (χ1v) is 11.7. The van der Waals surface area contributed by atoms with Crippen molar-refractivity contribution in [3.05, 3.63) is 53.6 Å². The van der Waals surface area contributed by atoms with E-state index >= 15 is 0 Å². The maximum Gasteiger partial charge on any atom is 0.234 e. The number of benzene rings is 2. The van der Waals surface area contributed by atoms with Gasteiger partial charge < -0.3 is 10.2 Å². The van der Waals surface area contributed by atoms with Crippen molar-refractivity contribution in [1.29, 1.82) is 0 Å². The zero-order valence-corrected chi connectivity index (χ0v) is 18.9. The van der Waals surface area contributed by atoms with E-state index in [-0.39, 0.29) is 11.7 Å². The molecule has 7 nitrogen and oxygen atoms in total. The second-order valence-corrected chi connectivity index (χ2v) is 8.89. The number of hydrogen-bond donors (Lipinski definition) is 1. The fourth-order valence-corrected chi connectivity index (χ4v) is 4.56. The van der Waals surface area contributed by atoms with Gasteiger partial charge in [0.1, 0.15) is 0 Å². The smallest absolute Gasteiger partial charge is 0.234 e. The first-order valence-electron chi connectivity index (χ1n) is 10.7. The Morgan fingerprint density at radius 2 is 1.77 bits per heavy atom. The number of hydrogen-bond acceptors (Lipinski definition) is 6. The van der Waals surface area contributed by atoms with Gasteiger partial charge in [0.15, 0.2) is 0 Å². The van der Waals surface area contributed by atoms with Crippen LogP contribution in [0.1, 0.15) is 36.8 Å². The highest BCUT2D eigenvalue weighted by molar-refractivity contribution is 7.99. The SMILES string of the molecule is Cc1ccc(-n2nnnc2SCC(=O)Nc2ccc(N3CCCCCC3)cc2)c(C)c1. The van der Waals surface area contributed by atoms with Crippen molar-refractivity contribution < 1.29 is 4.79 Å². The van der Waals surface area contributed by atoms with Crippen LogP contribution in [0, 0.1) is 13.8 Å². The molecule has 0 atom stereocenters. The van der Waals surface area contributed by atoms with Crippen LogP contribution in [0.25, 0.3) is 5.69 Å². The van der Waals surface area contributed by atoms with Crippen molar-refractivity contribution in [2.45, 2.75) is 44.7 Å². The average Bonchev–Trinajstić information content (AvgIpc) is 3.05. The summed E-state index contributed by atoms with van der Waals surface area (Å²) < 4.78 is 1.68. The summed E-state index contributed by atoms with van der Waals surface area (Å²) in [7, 11) is 0. The van der Waals surface area contributed by atoms with E-state index in [2.05, 4.69) is 50.9 Å². The predicted octanol–water partition coefficient (Wildman–Crippen LogP) is 4.39. The molecule has 4 rings (SSSR count). The average molecular weight is 437 g/mol. The van der Waals surface area contributed by atoms with Gasteiger partial charge in [-0.1, -0.05) is 42.3 Å². The molecule has 1 N–H and O–H groups in total. The van der Waals surface area contributed by atoms with E-state index in [1.165, 1.54) is 48.7 Å². The topological polar surface area (TPSA) is 75.9 Å². The lowest BCUT2D eigenvalue weighted by atomic mass is 10.1. The monoisotopic (exact) mass is 436 g/mol. The summed E-state index contributed by atoms with van der Waals surface area (Å²) in [5.41, 5.74) is 5.22. The third kappa shape index (κ3) is 5.44. The summed E-state index contributed by atoms with van der Waals surface area (Å²) >= 11 is 1.32. The number of carbonyl (C=O) groups is 1.